The Bertz CT molecular complexity index is 550. The second-order valence-corrected chi connectivity index (χ2v) is 3.89. The summed E-state index contributed by atoms with van der Waals surface area (Å²) in [6, 6.07) is 5.33. The minimum Gasteiger partial charge on any atom is -0.467 e. The summed E-state index contributed by atoms with van der Waals surface area (Å²) in [6.45, 7) is 4.60. The van der Waals surface area contributed by atoms with Gasteiger partial charge >= 0.3 is 0 Å². The van der Waals surface area contributed by atoms with Crippen molar-refractivity contribution in [2.45, 2.75) is 6.54 Å². The summed E-state index contributed by atoms with van der Waals surface area (Å²) in [5.74, 6) is 0.522. The summed E-state index contributed by atoms with van der Waals surface area (Å²) in [5.41, 5.74) is 1.28. The number of nitrogens with one attached hydrogen (secondary N) is 2. The minimum atomic E-state index is -0.189. The molecule has 2 heterocycles. The summed E-state index contributed by atoms with van der Waals surface area (Å²) in [7, 11) is 0. The van der Waals surface area contributed by atoms with Gasteiger partial charge in [-0.05, 0) is 18.2 Å². The van der Waals surface area contributed by atoms with Gasteiger partial charge in [-0.3, -0.25) is 9.78 Å². The van der Waals surface area contributed by atoms with E-state index in [1.54, 1.807) is 36.7 Å². The molecule has 0 radical (unpaired) electrons. The molecule has 0 saturated carbocycles. The molecule has 2 rings (SSSR count). The molecule has 0 aliphatic rings. The molecule has 2 aromatic heterocycles. The summed E-state index contributed by atoms with van der Waals surface area (Å²) >= 11 is 0. The van der Waals surface area contributed by atoms with Gasteiger partial charge in [0, 0.05) is 18.9 Å². The number of carbonyl (C=O) groups is 1. The third-order valence-electron chi connectivity index (χ3n) is 2.45. The minimum absolute atomic E-state index is 0.189. The van der Waals surface area contributed by atoms with Crippen LogP contribution in [0.15, 0.2) is 53.9 Å². The number of pyridine rings is 1. The molecule has 1 amide bonds. The van der Waals surface area contributed by atoms with Crippen molar-refractivity contribution in [2.24, 2.45) is 0 Å². The third-order valence-corrected chi connectivity index (χ3v) is 2.45. The lowest BCUT2D eigenvalue weighted by molar-refractivity contribution is 0.0947. The Labute approximate surface area is 111 Å². The van der Waals surface area contributed by atoms with Crippen LogP contribution in [0.2, 0.25) is 0 Å². The average molecular weight is 257 g/mol. The van der Waals surface area contributed by atoms with Gasteiger partial charge in [0.25, 0.3) is 5.91 Å². The van der Waals surface area contributed by atoms with Crippen molar-refractivity contribution in [3.8, 4) is 0 Å². The largest absolute Gasteiger partial charge is 0.467 e. The smallest absolute Gasteiger partial charge is 0.253 e. The highest BCUT2D eigenvalue weighted by Crippen LogP contribution is 2.08. The summed E-state index contributed by atoms with van der Waals surface area (Å²) in [5, 5.41) is 5.84. The van der Waals surface area contributed by atoms with E-state index in [2.05, 4.69) is 22.2 Å². The van der Waals surface area contributed by atoms with Gasteiger partial charge in [-0.1, -0.05) is 6.08 Å². The Balaban J connectivity index is 1.96. The number of amides is 1. The van der Waals surface area contributed by atoms with Crippen LogP contribution < -0.4 is 10.6 Å². The Morgan fingerprint density at radius 1 is 1.47 bits per heavy atom. The fraction of sp³-hybridized carbons (Fsp3) is 0.143. The monoisotopic (exact) mass is 257 g/mol. The lowest BCUT2D eigenvalue weighted by Gasteiger charge is -2.06. The van der Waals surface area contributed by atoms with Crippen molar-refractivity contribution < 1.29 is 9.21 Å². The SMILES string of the molecule is C=CCNc1cncc(C(=O)NCc2ccco2)c1. The van der Waals surface area contributed by atoms with Crippen molar-refractivity contribution in [2.75, 3.05) is 11.9 Å². The lowest BCUT2D eigenvalue weighted by Crippen LogP contribution is -2.22. The van der Waals surface area contributed by atoms with Crippen molar-refractivity contribution in [3.05, 3.63) is 60.8 Å². The van der Waals surface area contributed by atoms with E-state index in [1.807, 2.05) is 0 Å². The fourth-order valence-electron chi connectivity index (χ4n) is 1.53. The molecular formula is C14H15N3O2. The first kappa shape index (κ1) is 12.9. The zero-order chi connectivity index (χ0) is 13.5. The van der Waals surface area contributed by atoms with E-state index in [1.165, 1.54) is 6.20 Å². The molecule has 2 aromatic rings. The Morgan fingerprint density at radius 3 is 3.11 bits per heavy atom. The van der Waals surface area contributed by atoms with E-state index in [-0.39, 0.29) is 5.91 Å². The Morgan fingerprint density at radius 2 is 2.37 bits per heavy atom. The molecule has 0 saturated heterocycles. The molecule has 19 heavy (non-hydrogen) atoms. The van der Waals surface area contributed by atoms with Crippen molar-refractivity contribution in [1.82, 2.24) is 10.3 Å². The molecule has 2 N–H and O–H groups in total. The predicted octanol–water partition coefficient (Wildman–Crippen LogP) is 2.20. The second kappa shape index (κ2) is 6.39. The summed E-state index contributed by atoms with van der Waals surface area (Å²) in [4.78, 5) is 15.9. The van der Waals surface area contributed by atoms with Gasteiger partial charge in [-0.2, -0.15) is 0 Å². The summed E-state index contributed by atoms with van der Waals surface area (Å²) < 4.78 is 5.14. The zero-order valence-electron chi connectivity index (χ0n) is 10.4. The molecule has 0 unspecified atom stereocenters. The Kier molecular flexibility index (Phi) is 4.34. The van der Waals surface area contributed by atoms with Crippen molar-refractivity contribution >= 4 is 11.6 Å². The first-order valence-electron chi connectivity index (χ1n) is 5.90. The van der Waals surface area contributed by atoms with E-state index in [0.717, 1.165) is 5.69 Å². The maximum absolute atomic E-state index is 11.9. The number of hydrogen-bond donors (Lipinski definition) is 2. The Hall–Kier alpha value is -2.56. The highest BCUT2D eigenvalue weighted by molar-refractivity contribution is 5.94. The maximum Gasteiger partial charge on any atom is 0.253 e. The van der Waals surface area contributed by atoms with Crippen molar-refractivity contribution in [3.63, 3.8) is 0 Å². The van der Waals surface area contributed by atoms with Gasteiger partial charge in [0.05, 0.1) is 24.1 Å². The van der Waals surface area contributed by atoms with E-state index >= 15 is 0 Å². The van der Waals surface area contributed by atoms with E-state index in [4.69, 9.17) is 4.42 Å². The lowest BCUT2D eigenvalue weighted by atomic mass is 10.2. The molecule has 0 aliphatic heterocycles. The second-order valence-electron chi connectivity index (χ2n) is 3.89. The maximum atomic E-state index is 11.9. The van der Waals surface area contributed by atoms with Crippen LogP contribution in [0.4, 0.5) is 5.69 Å². The van der Waals surface area contributed by atoms with Crippen LogP contribution in [0.3, 0.4) is 0 Å². The van der Waals surface area contributed by atoms with Crippen molar-refractivity contribution in [1.29, 1.82) is 0 Å². The van der Waals surface area contributed by atoms with Gasteiger partial charge in [0.1, 0.15) is 5.76 Å². The molecule has 0 spiro atoms. The quantitative estimate of drug-likeness (QED) is 0.778. The van der Waals surface area contributed by atoms with Gasteiger partial charge in [0.2, 0.25) is 0 Å². The first-order chi connectivity index (χ1) is 9.29. The van der Waals surface area contributed by atoms with Gasteiger partial charge in [-0.15, -0.1) is 6.58 Å². The first-order valence-corrected chi connectivity index (χ1v) is 5.90. The topological polar surface area (TPSA) is 67.2 Å². The number of carbonyl (C=O) groups excluding carboxylic acids is 1. The van der Waals surface area contributed by atoms with Crippen LogP contribution in [-0.4, -0.2) is 17.4 Å². The van der Waals surface area contributed by atoms with Crippen LogP contribution in [0.1, 0.15) is 16.1 Å². The van der Waals surface area contributed by atoms with Crippen LogP contribution >= 0.6 is 0 Å². The average Bonchev–Trinajstić information content (AvgIpc) is 2.96. The fourth-order valence-corrected chi connectivity index (χ4v) is 1.53. The van der Waals surface area contributed by atoms with Gasteiger partial charge in [-0.25, -0.2) is 0 Å². The number of nitrogens with zero attached hydrogens (tertiary/aromatic N) is 1. The van der Waals surface area contributed by atoms with E-state index < -0.39 is 0 Å². The van der Waals surface area contributed by atoms with Crippen LogP contribution in [0.25, 0.3) is 0 Å². The standard InChI is InChI=1S/C14H15N3O2/c1-2-5-16-12-7-11(8-15-9-12)14(18)17-10-13-4-3-6-19-13/h2-4,6-9,16H,1,5,10H2,(H,17,18). The highest BCUT2D eigenvalue weighted by Gasteiger charge is 2.07. The molecule has 5 nitrogen and oxygen atoms in total. The molecule has 5 heteroatoms. The normalized spacial score (nSPS) is 9.89. The van der Waals surface area contributed by atoms with Gasteiger partial charge < -0.3 is 15.1 Å². The van der Waals surface area contributed by atoms with Gasteiger partial charge in [0.15, 0.2) is 0 Å². The molecular weight excluding hydrogens is 242 g/mol. The van der Waals surface area contributed by atoms with Crippen LogP contribution in [0, 0.1) is 0 Å². The number of aromatic nitrogens is 1. The zero-order valence-corrected chi connectivity index (χ0v) is 10.4. The molecule has 0 fully saturated rings. The number of hydrogen-bond acceptors (Lipinski definition) is 4. The predicted molar refractivity (Wildman–Crippen MR) is 72.8 cm³/mol. The third kappa shape index (κ3) is 3.70. The van der Waals surface area contributed by atoms with Crippen LogP contribution in [-0.2, 0) is 6.54 Å². The molecule has 0 aliphatic carbocycles. The number of rotatable bonds is 6. The van der Waals surface area contributed by atoms with Crippen LogP contribution in [0.5, 0.6) is 0 Å². The highest BCUT2D eigenvalue weighted by atomic mass is 16.3. The molecule has 0 atom stereocenters. The molecule has 98 valence electrons. The van der Waals surface area contributed by atoms with E-state index in [0.29, 0.717) is 24.4 Å². The number of anilines is 1. The molecule has 0 bridgehead atoms. The molecule has 0 aromatic carbocycles. The number of furan rings is 1. The summed E-state index contributed by atoms with van der Waals surface area (Å²) in [6.07, 6.45) is 6.50. The van der Waals surface area contributed by atoms with E-state index in [9.17, 15) is 4.79 Å².